The van der Waals surface area contributed by atoms with Gasteiger partial charge in [0, 0.05) is 26.7 Å². The molecule has 1 aromatic carbocycles. The Hall–Kier alpha value is -1.15. The monoisotopic (exact) mass is 314 g/mol. The summed E-state index contributed by atoms with van der Waals surface area (Å²) in [4.78, 5) is 0.217. The van der Waals surface area contributed by atoms with Crippen LogP contribution < -0.4 is 10.1 Å². The van der Waals surface area contributed by atoms with Gasteiger partial charge in [-0.1, -0.05) is 6.07 Å². The van der Waals surface area contributed by atoms with Gasteiger partial charge in [-0.3, -0.25) is 0 Å². The summed E-state index contributed by atoms with van der Waals surface area (Å²) < 4.78 is 37.5. The Morgan fingerprint density at radius 1 is 1.38 bits per heavy atom. The van der Waals surface area contributed by atoms with Crippen LogP contribution in [0.15, 0.2) is 23.1 Å². The van der Waals surface area contributed by atoms with Crippen LogP contribution in [0.25, 0.3) is 0 Å². The molecule has 1 heterocycles. The molecule has 1 aliphatic rings. The molecule has 118 valence electrons. The molecule has 6 nitrogen and oxygen atoms in total. The van der Waals surface area contributed by atoms with Gasteiger partial charge in [-0.25, -0.2) is 8.42 Å². The van der Waals surface area contributed by atoms with Crippen molar-refractivity contribution in [3.05, 3.63) is 23.8 Å². The van der Waals surface area contributed by atoms with E-state index in [1.807, 2.05) is 13.1 Å². The van der Waals surface area contributed by atoms with Gasteiger partial charge in [0.25, 0.3) is 0 Å². The second kappa shape index (κ2) is 6.74. The molecule has 1 unspecified atom stereocenters. The third-order valence-electron chi connectivity index (χ3n) is 3.67. The summed E-state index contributed by atoms with van der Waals surface area (Å²) >= 11 is 0. The number of nitrogens with zero attached hydrogens (tertiary/aromatic N) is 1. The first kappa shape index (κ1) is 16.2. The molecule has 1 N–H and O–H groups in total. The average Bonchev–Trinajstić information content (AvgIpc) is 2.97. The maximum atomic E-state index is 12.8. The van der Waals surface area contributed by atoms with E-state index >= 15 is 0 Å². The lowest BCUT2D eigenvalue weighted by Crippen LogP contribution is -2.30. The topological polar surface area (TPSA) is 67.9 Å². The molecule has 1 saturated heterocycles. The lowest BCUT2D eigenvalue weighted by atomic mass is 10.2. The molecule has 0 aromatic heterocycles. The minimum atomic E-state index is -3.56. The van der Waals surface area contributed by atoms with Gasteiger partial charge in [-0.15, -0.1) is 0 Å². The largest absolute Gasteiger partial charge is 0.495 e. The van der Waals surface area contributed by atoms with Gasteiger partial charge in [-0.2, -0.15) is 4.31 Å². The summed E-state index contributed by atoms with van der Waals surface area (Å²) in [6, 6.07) is 5.23. The van der Waals surface area contributed by atoms with Gasteiger partial charge >= 0.3 is 0 Å². The highest BCUT2D eigenvalue weighted by Crippen LogP contribution is 2.30. The molecule has 0 aliphatic carbocycles. The van der Waals surface area contributed by atoms with Crippen molar-refractivity contribution in [3.8, 4) is 5.75 Å². The number of benzene rings is 1. The average molecular weight is 314 g/mol. The number of hydrogen-bond donors (Lipinski definition) is 1. The van der Waals surface area contributed by atoms with Crippen LogP contribution in [0.3, 0.4) is 0 Å². The van der Waals surface area contributed by atoms with Crippen molar-refractivity contribution < 1.29 is 17.9 Å². The minimum absolute atomic E-state index is 0.0359. The normalized spacial score (nSPS) is 19.9. The van der Waals surface area contributed by atoms with Crippen LogP contribution in [0.1, 0.15) is 12.0 Å². The van der Waals surface area contributed by atoms with E-state index in [1.54, 1.807) is 19.2 Å². The molecular formula is C14H22N2O4S. The summed E-state index contributed by atoms with van der Waals surface area (Å²) in [6.45, 7) is 1.46. The first-order valence-corrected chi connectivity index (χ1v) is 8.31. The smallest absolute Gasteiger partial charge is 0.246 e. The Bertz CT molecular complexity index is 589. The van der Waals surface area contributed by atoms with Crippen LogP contribution in [-0.4, -0.2) is 53.2 Å². The van der Waals surface area contributed by atoms with E-state index in [0.717, 1.165) is 5.56 Å². The van der Waals surface area contributed by atoms with Crippen LogP contribution in [0.5, 0.6) is 5.75 Å². The van der Waals surface area contributed by atoms with E-state index in [1.165, 1.54) is 11.4 Å². The molecule has 1 aromatic rings. The van der Waals surface area contributed by atoms with E-state index in [9.17, 15) is 8.42 Å². The molecular weight excluding hydrogens is 292 g/mol. The molecule has 0 radical (unpaired) electrons. The zero-order valence-corrected chi connectivity index (χ0v) is 13.4. The SMILES string of the molecule is CNCc1ccc(OC)c(S(=O)(=O)N2CCC(OC)C2)c1. The predicted octanol–water partition coefficient (Wildman–Crippen LogP) is 0.824. The predicted molar refractivity (Wildman–Crippen MR) is 79.9 cm³/mol. The fraction of sp³-hybridized carbons (Fsp3) is 0.571. The van der Waals surface area contributed by atoms with Crippen molar-refractivity contribution in [2.45, 2.75) is 24.0 Å². The van der Waals surface area contributed by atoms with Crippen molar-refractivity contribution in [2.24, 2.45) is 0 Å². The molecule has 1 aliphatic heterocycles. The van der Waals surface area contributed by atoms with Crippen molar-refractivity contribution >= 4 is 10.0 Å². The molecule has 0 bridgehead atoms. The molecule has 2 rings (SSSR count). The van der Waals surface area contributed by atoms with E-state index < -0.39 is 10.0 Å². The number of ether oxygens (including phenoxy) is 2. The third-order valence-corrected chi connectivity index (χ3v) is 5.55. The standard InChI is InChI=1S/C14H22N2O4S/c1-15-9-11-4-5-13(20-3)14(8-11)21(17,18)16-7-6-12(10-16)19-2/h4-5,8,12,15H,6-7,9-10H2,1-3H3. The lowest BCUT2D eigenvalue weighted by molar-refractivity contribution is 0.115. The summed E-state index contributed by atoms with van der Waals surface area (Å²) in [7, 11) is 1.34. The quantitative estimate of drug-likeness (QED) is 0.842. The summed E-state index contributed by atoms with van der Waals surface area (Å²) in [5.74, 6) is 0.371. The van der Waals surface area contributed by atoms with E-state index in [0.29, 0.717) is 31.8 Å². The van der Waals surface area contributed by atoms with E-state index in [4.69, 9.17) is 9.47 Å². The highest BCUT2D eigenvalue weighted by molar-refractivity contribution is 7.89. The van der Waals surface area contributed by atoms with Crippen LogP contribution in [-0.2, 0) is 21.3 Å². The molecule has 21 heavy (non-hydrogen) atoms. The molecule has 1 fully saturated rings. The van der Waals surface area contributed by atoms with Crippen LogP contribution in [0.2, 0.25) is 0 Å². The first-order valence-electron chi connectivity index (χ1n) is 6.87. The fourth-order valence-electron chi connectivity index (χ4n) is 2.48. The Morgan fingerprint density at radius 3 is 2.71 bits per heavy atom. The summed E-state index contributed by atoms with van der Waals surface area (Å²) in [6.07, 6.45) is 0.681. The van der Waals surface area contributed by atoms with Gasteiger partial charge in [0.2, 0.25) is 10.0 Å². The fourth-order valence-corrected chi connectivity index (χ4v) is 4.18. The number of rotatable bonds is 6. The highest BCUT2D eigenvalue weighted by atomic mass is 32.2. The van der Waals surface area contributed by atoms with Gasteiger partial charge in [0.05, 0.1) is 13.2 Å². The summed E-state index contributed by atoms with van der Waals surface area (Å²) in [5.41, 5.74) is 0.902. The minimum Gasteiger partial charge on any atom is -0.495 e. The van der Waals surface area contributed by atoms with E-state index in [2.05, 4.69) is 5.32 Å². The zero-order valence-electron chi connectivity index (χ0n) is 12.6. The Kier molecular flexibility index (Phi) is 5.21. The van der Waals surface area contributed by atoms with E-state index in [-0.39, 0.29) is 11.0 Å². The second-order valence-corrected chi connectivity index (χ2v) is 6.93. The van der Waals surface area contributed by atoms with Crippen LogP contribution >= 0.6 is 0 Å². The van der Waals surface area contributed by atoms with Crippen LogP contribution in [0.4, 0.5) is 0 Å². The highest BCUT2D eigenvalue weighted by Gasteiger charge is 2.34. The van der Waals surface area contributed by atoms with Crippen molar-refractivity contribution in [1.82, 2.24) is 9.62 Å². The van der Waals surface area contributed by atoms with Crippen LogP contribution in [0, 0.1) is 0 Å². The molecule has 0 saturated carbocycles. The van der Waals surface area contributed by atoms with Crippen molar-refractivity contribution in [1.29, 1.82) is 0 Å². The molecule has 0 amide bonds. The van der Waals surface area contributed by atoms with Gasteiger partial charge in [0.1, 0.15) is 10.6 Å². The van der Waals surface area contributed by atoms with Crippen molar-refractivity contribution in [2.75, 3.05) is 34.4 Å². The zero-order chi connectivity index (χ0) is 15.5. The number of nitrogens with one attached hydrogen (secondary N) is 1. The molecule has 1 atom stereocenters. The van der Waals surface area contributed by atoms with Gasteiger partial charge in [0.15, 0.2) is 0 Å². The Balaban J connectivity index is 2.36. The molecule has 7 heteroatoms. The second-order valence-electron chi connectivity index (χ2n) is 5.02. The van der Waals surface area contributed by atoms with Crippen molar-refractivity contribution in [3.63, 3.8) is 0 Å². The third kappa shape index (κ3) is 3.37. The van der Waals surface area contributed by atoms with Gasteiger partial charge in [-0.05, 0) is 31.2 Å². The van der Waals surface area contributed by atoms with Gasteiger partial charge < -0.3 is 14.8 Å². The lowest BCUT2D eigenvalue weighted by Gasteiger charge is -2.19. The first-order chi connectivity index (χ1) is 10.0. The molecule has 0 spiro atoms. The maximum absolute atomic E-state index is 12.8. The Morgan fingerprint density at radius 2 is 2.14 bits per heavy atom. The Labute approximate surface area is 126 Å². The maximum Gasteiger partial charge on any atom is 0.246 e. The number of sulfonamides is 1. The summed E-state index contributed by atoms with van der Waals surface area (Å²) in [5, 5.41) is 3.02. The number of hydrogen-bond acceptors (Lipinski definition) is 5. The number of methoxy groups -OCH3 is 2.